The first kappa shape index (κ1) is 16.6. The van der Waals surface area contributed by atoms with Crippen LogP contribution in [0.3, 0.4) is 0 Å². The number of esters is 1. The Labute approximate surface area is 143 Å². The van der Waals surface area contributed by atoms with E-state index in [0.717, 1.165) is 0 Å². The van der Waals surface area contributed by atoms with Crippen molar-refractivity contribution in [3.05, 3.63) is 64.0 Å². The molecule has 7 heteroatoms. The normalized spacial score (nSPS) is 12.1. The van der Waals surface area contributed by atoms with Crippen molar-refractivity contribution in [1.82, 2.24) is 14.5 Å². The molecule has 0 bridgehead atoms. The summed E-state index contributed by atoms with van der Waals surface area (Å²) in [5.74, 6) is -0.473. The van der Waals surface area contributed by atoms with Gasteiger partial charge in [-0.05, 0) is 32.0 Å². The number of para-hydroxylation sites is 1. The van der Waals surface area contributed by atoms with Crippen molar-refractivity contribution in [2.45, 2.75) is 20.0 Å². The van der Waals surface area contributed by atoms with E-state index in [4.69, 9.17) is 4.74 Å². The van der Waals surface area contributed by atoms with Crippen molar-refractivity contribution in [2.24, 2.45) is 7.05 Å². The number of aromatic amines is 1. The fourth-order valence-electron chi connectivity index (χ4n) is 2.53. The van der Waals surface area contributed by atoms with Crippen molar-refractivity contribution < 1.29 is 14.3 Å². The lowest BCUT2D eigenvalue weighted by Crippen LogP contribution is -2.18. The van der Waals surface area contributed by atoms with E-state index >= 15 is 0 Å². The highest BCUT2D eigenvalue weighted by atomic mass is 16.5. The molecule has 2 aromatic heterocycles. The van der Waals surface area contributed by atoms with Crippen molar-refractivity contribution in [3.8, 4) is 0 Å². The minimum Gasteiger partial charge on any atom is -0.450 e. The number of nitrogens with zero attached hydrogens (tertiary/aromatic N) is 2. The van der Waals surface area contributed by atoms with Crippen LogP contribution >= 0.6 is 0 Å². The van der Waals surface area contributed by atoms with E-state index in [2.05, 4.69) is 9.97 Å². The highest BCUT2D eigenvalue weighted by Gasteiger charge is 2.20. The number of hydrogen-bond donors (Lipinski definition) is 1. The van der Waals surface area contributed by atoms with Gasteiger partial charge in [-0.2, -0.15) is 0 Å². The maximum Gasteiger partial charge on any atom is 0.355 e. The molecule has 0 spiro atoms. The predicted octanol–water partition coefficient (Wildman–Crippen LogP) is 2.38. The van der Waals surface area contributed by atoms with E-state index in [0.29, 0.717) is 16.5 Å². The van der Waals surface area contributed by atoms with Crippen LogP contribution in [-0.2, 0) is 11.8 Å². The van der Waals surface area contributed by atoms with Crippen LogP contribution in [0.15, 0.2) is 41.3 Å². The van der Waals surface area contributed by atoms with Gasteiger partial charge in [0.05, 0.1) is 10.9 Å². The van der Waals surface area contributed by atoms with Gasteiger partial charge in [0, 0.05) is 18.8 Å². The number of ether oxygens (including phenoxy) is 1. The Bertz CT molecular complexity index is 1030. The second kappa shape index (κ2) is 6.35. The summed E-state index contributed by atoms with van der Waals surface area (Å²) in [4.78, 5) is 42.9. The average Bonchev–Trinajstić information content (AvgIpc) is 2.97. The fourth-order valence-corrected chi connectivity index (χ4v) is 2.53. The summed E-state index contributed by atoms with van der Waals surface area (Å²) in [5, 5.41) is 0.471. The molecular weight excluding hydrogens is 322 g/mol. The number of fused-ring (bicyclic) bond motifs is 1. The predicted molar refractivity (Wildman–Crippen MR) is 91.6 cm³/mol. The SMILES string of the molecule is CC(=O)c1cc(C(=O)O[C@@H](C)c2nc3ccccc3c(=O)[nH]2)n(C)c1. The molecule has 1 N–H and O–H groups in total. The summed E-state index contributed by atoms with van der Waals surface area (Å²) in [5.41, 5.74) is 0.919. The van der Waals surface area contributed by atoms with Crippen LogP contribution in [0.2, 0.25) is 0 Å². The van der Waals surface area contributed by atoms with Crippen molar-refractivity contribution in [3.63, 3.8) is 0 Å². The third-order valence-corrected chi connectivity index (χ3v) is 3.92. The molecule has 128 valence electrons. The number of benzene rings is 1. The molecule has 0 saturated carbocycles. The monoisotopic (exact) mass is 339 g/mol. The summed E-state index contributed by atoms with van der Waals surface area (Å²) in [7, 11) is 1.66. The zero-order valence-electron chi connectivity index (χ0n) is 14.1. The standard InChI is InChI=1S/C18H17N3O4/c1-10(22)12-8-15(21(3)9-12)18(24)25-11(2)16-19-14-7-5-4-6-13(14)17(23)20-16/h4-9,11H,1-3H3,(H,19,20,23)/t11-/m0/s1. The van der Waals surface area contributed by atoms with Gasteiger partial charge in [0.15, 0.2) is 17.7 Å². The first-order valence-corrected chi connectivity index (χ1v) is 7.74. The molecule has 2 heterocycles. The molecule has 1 atom stereocenters. The molecule has 25 heavy (non-hydrogen) atoms. The smallest absolute Gasteiger partial charge is 0.355 e. The number of aromatic nitrogens is 3. The van der Waals surface area contributed by atoms with Gasteiger partial charge in [0.2, 0.25) is 0 Å². The molecule has 0 fully saturated rings. The van der Waals surface area contributed by atoms with E-state index in [1.807, 2.05) is 0 Å². The van der Waals surface area contributed by atoms with E-state index < -0.39 is 12.1 Å². The summed E-state index contributed by atoms with van der Waals surface area (Å²) < 4.78 is 6.93. The molecule has 0 amide bonds. The fraction of sp³-hybridized carbons (Fsp3) is 0.222. The minimum absolute atomic E-state index is 0.136. The van der Waals surface area contributed by atoms with Gasteiger partial charge >= 0.3 is 5.97 Å². The molecule has 1 aromatic carbocycles. The highest BCUT2D eigenvalue weighted by Crippen LogP contribution is 2.17. The Kier molecular flexibility index (Phi) is 4.22. The van der Waals surface area contributed by atoms with Gasteiger partial charge in [-0.25, -0.2) is 9.78 Å². The topological polar surface area (TPSA) is 94.1 Å². The van der Waals surface area contributed by atoms with Crippen LogP contribution in [0.25, 0.3) is 10.9 Å². The Morgan fingerprint density at radius 3 is 2.68 bits per heavy atom. The summed E-state index contributed by atoms with van der Waals surface area (Å²) in [6.07, 6.45) is 0.820. The molecule has 3 rings (SSSR count). The largest absolute Gasteiger partial charge is 0.450 e. The molecule has 7 nitrogen and oxygen atoms in total. The lowest BCUT2D eigenvalue weighted by Gasteiger charge is -2.13. The third-order valence-electron chi connectivity index (χ3n) is 3.92. The number of Topliss-reactive ketones (excluding diaryl/α,β-unsaturated/α-hetero) is 1. The first-order chi connectivity index (χ1) is 11.9. The van der Waals surface area contributed by atoms with Crippen LogP contribution in [0.5, 0.6) is 0 Å². The Hall–Kier alpha value is -3.22. The third kappa shape index (κ3) is 3.21. The molecule has 3 aromatic rings. The number of rotatable bonds is 4. The summed E-state index contributed by atoms with van der Waals surface area (Å²) >= 11 is 0. The molecule has 0 aliphatic carbocycles. The van der Waals surface area contributed by atoms with Gasteiger partial charge in [0.1, 0.15) is 5.69 Å². The van der Waals surface area contributed by atoms with E-state index in [9.17, 15) is 14.4 Å². The average molecular weight is 339 g/mol. The van der Waals surface area contributed by atoms with E-state index in [-0.39, 0.29) is 22.9 Å². The van der Waals surface area contributed by atoms with Crippen LogP contribution < -0.4 is 5.56 Å². The van der Waals surface area contributed by atoms with Gasteiger partial charge in [-0.1, -0.05) is 12.1 Å². The maximum atomic E-state index is 12.4. The second-order valence-electron chi connectivity index (χ2n) is 5.80. The quantitative estimate of drug-likeness (QED) is 0.582. The molecule has 0 unspecified atom stereocenters. The number of H-pyrrole nitrogens is 1. The van der Waals surface area contributed by atoms with Crippen molar-refractivity contribution in [1.29, 1.82) is 0 Å². The van der Waals surface area contributed by atoms with E-state index in [1.165, 1.54) is 17.6 Å². The molecule has 0 aliphatic rings. The first-order valence-electron chi connectivity index (χ1n) is 7.74. The van der Waals surface area contributed by atoms with Crippen LogP contribution in [-0.4, -0.2) is 26.3 Å². The summed E-state index contributed by atoms with van der Waals surface area (Å²) in [6.45, 7) is 3.05. The van der Waals surface area contributed by atoms with Gasteiger partial charge in [0.25, 0.3) is 5.56 Å². The van der Waals surface area contributed by atoms with Gasteiger partial charge in [-0.3, -0.25) is 9.59 Å². The summed E-state index contributed by atoms with van der Waals surface area (Å²) in [6, 6.07) is 8.41. The molecule has 0 saturated heterocycles. The number of nitrogens with one attached hydrogen (secondary N) is 1. The van der Waals surface area contributed by atoms with Crippen molar-refractivity contribution >= 4 is 22.7 Å². The second-order valence-corrected chi connectivity index (χ2v) is 5.80. The maximum absolute atomic E-state index is 12.4. The molecule has 0 aliphatic heterocycles. The Morgan fingerprint density at radius 2 is 2.00 bits per heavy atom. The molecular formula is C18H17N3O4. The zero-order chi connectivity index (χ0) is 18.1. The lowest BCUT2D eigenvalue weighted by molar-refractivity contribution is 0.0309. The highest BCUT2D eigenvalue weighted by molar-refractivity contribution is 5.97. The van der Waals surface area contributed by atoms with Crippen LogP contribution in [0.1, 0.15) is 46.6 Å². The number of carbonyl (C=O) groups is 2. The Balaban J connectivity index is 1.87. The minimum atomic E-state index is -0.750. The van der Waals surface area contributed by atoms with Crippen LogP contribution in [0.4, 0.5) is 0 Å². The van der Waals surface area contributed by atoms with Crippen molar-refractivity contribution in [2.75, 3.05) is 0 Å². The lowest BCUT2D eigenvalue weighted by atomic mass is 10.2. The number of aryl methyl sites for hydroxylation is 1. The molecule has 0 radical (unpaired) electrons. The number of hydrogen-bond acceptors (Lipinski definition) is 5. The Morgan fingerprint density at radius 1 is 1.28 bits per heavy atom. The van der Waals surface area contributed by atoms with Gasteiger partial charge < -0.3 is 14.3 Å². The number of carbonyl (C=O) groups excluding carboxylic acids is 2. The van der Waals surface area contributed by atoms with E-state index in [1.54, 1.807) is 44.4 Å². The van der Waals surface area contributed by atoms with Crippen LogP contribution in [0, 0.1) is 0 Å². The van der Waals surface area contributed by atoms with Gasteiger partial charge in [-0.15, -0.1) is 0 Å². The number of ketones is 1. The zero-order valence-corrected chi connectivity index (χ0v) is 14.1.